The van der Waals surface area contributed by atoms with Gasteiger partial charge in [0.2, 0.25) is 0 Å². The first-order chi connectivity index (χ1) is 5.20. The fraction of sp³-hybridized carbons (Fsp3) is 0.500. The molecule has 0 fully saturated rings. The number of carboxylic acid groups (broad SMARTS) is 3. The summed E-state index contributed by atoms with van der Waals surface area (Å²) in [6.45, 7) is 2.92. The van der Waals surface area contributed by atoms with Crippen molar-refractivity contribution in [1.82, 2.24) is 0 Å². The summed E-state index contributed by atoms with van der Waals surface area (Å²) in [5.74, 6) is -3.25. The third kappa shape index (κ3) is 5250. The van der Waals surface area contributed by atoms with Gasteiger partial charge in [0.1, 0.15) is 0 Å². The maximum atomic E-state index is 8.89. The zero-order valence-electron chi connectivity index (χ0n) is 8.25. The summed E-state index contributed by atoms with van der Waals surface area (Å²) >= 11 is 0. The summed E-state index contributed by atoms with van der Waals surface area (Å²) in [5, 5.41) is 26.7. The van der Waals surface area contributed by atoms with Crippen LogP contribution in [0.3, 0.4) is 0 Å². The van der Waals surface area contributed by atoms with Crippen molar-refractivity contribution in [2.75, 3.05) is 0 Å². The van der Waals surface area contributed by atoms with Gasteiger partial charge < -0.3 is 29.7 Å². The molecule has 8 heteroatoms. The van der Waals surface area contributed by atoms with Crippen LogP contribution >= 0.6 is 0 Å². The Kier molecular flexibility index (Phi) is 49.0. The Morgan fingerprint density at radius 3 is 0.714 bits per heavy atom. The molecule has 0 saturated carbocycles. The molecule has 0 aliphatic rings. The predicted octanol–water partition coefficient (Wildman–Crippen LogP) is -6.73. The van der Waals surface area contributed by atoms with Gasteiger partial charge >= 0.3 is 68.5 Å². The predicted molar refractivity (Wildman–Crippen MR) is 32.0 cm³/mol. The molecule has 0 amide bonds. The molecule has 0 aliphatic carbocycles. The molecule has 0 aromatic heterocycles. The van der Waals surface area contributed by atoms with Crippen LogP contribution in [0.15, 0.2) is 0 Å². The molecule has 0 aliphatic heterocycles. The zero-order valence-corrected chi connectivity index (χ0v) is 12.3. The van der Waals surface area contributed by atoms with Crippen LogP contribution in [0, 0.1) is 0 Å². The average Bonchev–Trinajstić information content (AvgIpc) is 1.54. The van der Waals surface area contributed by atoms with Gasteiger partial charge in [-0.3, -0.25) is 0 Å². The maximum absolute atomic E-state index is 8.89. The van der Waals surface area contributed by atoms with Crippen LogP contribution in [0.4, 0.5) is 0 Å². The Hall–Kier alpha value is 0.566. The minimum Gasteiger partial charge on any atom is -0.550 e. The molecule has 0 aromatic rings. The van der Waals surface area contributed by atoms with Gasteiger partial charge in [0, 0.05) is 17.9 Å². The molecule has 0 heterocycles. The Bertz CT molecular complexity index is 120. The average molecular weight is 280 g/mol. The third-order valence-electron chi connectivity index (χ3n) is 0. The molecule has 0 spiro atoms. The molecule has 0 atom stereocenters. The molecule has 0 bridgehead atoms. The van der Waals surface area contributed by atoms with E-state index >= 15 is 0 Å². The minimum atomic E-state index is -1.08. The molecule has 1 radical (unpaired) electrons. The fourth-order valence-electron chi connectivity index (χ4n) is 0. The topological polar surface area (TPSA) is 120 Å². The molecular formula is C6H9CuKO6. The minimum absolute atomic E-state index is 0. The van der Waals surface area contributed by atoms with Crippen LogP contribution in [-0.2, 0) is 31.5 Å². The Morgan fingerprint density at radius 1 is 0.714 bits per heavy atom. The van der Waals surface area contributed by atoms with Gasteiger partial charge in [-0.25, -0.2) is 0 Å². The van der Waals surface area contributed by atoms with Gasteiger partial charge in [-0.05, 0) is 20.8 Å². The van der Waals surface area contributed by atoms with Gasteiger partial charge in [-0.1, -0.05) is 0 Å². The molecular weight excluding hydrogens is 271 g/mol. The first kappa shape index (κ1) is 29.3. The van der Waals surface area contributed by atoms with Crippen LogP contribution in [0.1, 0.15) is 20.8 Å². The van der Waals surface area contributed by atoms with E-state index in [2.05, 4.69) is 0 Å². The summed E-state index contributed by atoms with van der Waals surface area (Å²) in [5.41, 5.74) is 0. The quantitative estimate of drug-likeness (QED) is 0.406. The van der Waals surface area contributed by atoms with Crippen molar-refractivity contribution in [3.63, 3.8) is 0 Å². The molecule has 14 heavy (non-hydrogen) atoms. The number of aliphatic carboxylic acids is 3. The normalized spacial score (nSPS) is 5.36. The second kappa shape index (κ2) is 23.4. The standard InChI is InChI=1S/3C2H4O2.Cu.K/c3*1-2(3)4;;/h3*1H3,(H,3,4);;/q;;;+2;+1/p-3. The Balaban J connectivity index is -0.0000000270. The van der Waals surface area contributed by atoms with Crippen LogP contribution < -0.4 is 66.7 Å². The smallest absolute Gasteiger partial charge is 0.550 e. The third-order valence-corrected chi connectivity index (χ3v) is 0. The van der Waals surface area contributed by atoms with E-state index in [0.29, 0.717) is 0 Å². The second-order valence-electron chi connectivity index (χ2n) is 1.47. The van der Waals surface area contributed by atoms with Crippen molar-refractivity contribution in [2.45, 2.75) is 20.8 Å². The van der Waals surface area contributed by atoms with Gasteiger partial charge in [0.25, 0.3) is 0 Å². The Morgan fingerprint density at radius 2 is 0.714 bits per heavy atom. The largest absolute Gasteiger partial charge is 2.00 e. The van der Waals surface area contributed by atoms with E-state index in [0.717, 1.165) is 20.8 Å². The number of hydrogen-bond acceptors (Lipinski definition) is 6. The van der Waals surface area contributed by atoms with Gasteiger partial charge in [-0.2, -0.15) is 0 Å². The van der Waals surface area contributed by atoms with Crippen LogP contribution in [0.25, 0.3) is 0 Å². The van der Waals surface area contributed by atoms with E-state index in [1.54, 1.807) is 0 Å². The number of carboxylic acids is 3. The Labute approximate surface area is 135 Å². The van der Waals surface area contributed by atoms with Crippen LogP contribution in [-0.4, -0.2) is 17.9 Å². The van der Waals surface area contributed by atoms with Crippen molar-refractivity contribution in [3.05, 3.63) is 0 Å². The summed E-state index contributed by atoms with van der Waals surface area (Å²) in [4.78, 5) is 26.7. The summed E-state index contributed by atoms with van der Waals surface area (Å²) in [6.07, 6.45) is 0. The van der Waals surface area contributed by atoms with E-state index in [9.17, 15) is 0 Å². The molecule has 0 saturated heterocycles. The summed E-state index contributed by atoms with van der Waals surface area (Å²) in [6, 6.07) is 0. The molecule has 0 unspecified atom stereocenters. The molecule has 0 rings (SSSR count). The van der Waals surface area contributed by atoms with Gasteiger partial charge in [-0.15, -0.1) is 0 Å². The monoisotopic (exact) mass is 279 g/mol. The van der Waals surface area contributed by atoms with E-state index in [1.807, 2.05) is 0 Å². The van der Waals surface area contributed by atoms with Crippen molar-refractivity contribution in [1.29, 1.82) is 0 Å². The van der Waals surface area contributed by atoms with Gasteiger partial charge in [0.05, 0.1) is 0 Å². The van der Waals surface area contributed by atoms with E-state index in [1.165, 1.54) is 0 Å². The number of carbonyl (C=O) groups is 3. The van der Waals surface area contributed by atoms with Crippen LogP contribution in [0.2, 0.25) is 0 Å². The molecule has 0 N–H and O–H groups in total. The molecule has 81 valence electrons. The first-order valence-electron chi connectivity index (χ1n) is 2.72. The number of carbonyl (C=O) groups excluding carboxylic acids is 3. The van der Waals surface area contributed by atoms with Crippen molar-refractivity contribution >= 4 is 17.9 Å². The SMILES string of the molecule is CC(=O)[O-].CC(=O)[O-].CC(=O)[O-].[Cu+2].[K+]. The fourth-order valence-corrected chi connectivity index (χ4v) is 0. The number of hydrogen-bond donors (Lipinski definition) is 0. The summed E-state index contributed by atoms with van der Waals surface area (Å²) < 4.78 is 0. The van der Waals surface area contributed by atoms with Crippen molar-refractivity contribution in [2.24, 2.45) is 0 Å². The van der Waals surface area contributed by atoms with Crippen molar-refractivity contribution < 1.29 is 98.2 Å². The first-order valence-corrected chi connectivity index (χ1v) is 2.72. The molecule has 0 aromatic carbocycles. The number of rotatable bonds is 0. The van der Waals surface area contributed by atoms with Gasteiger partial charge in [0.15, 0.2) is 0 Å². The van der Waals surface area contributed by atoms with E-state index < -0.39 is 17.9 Å². The molecule has 6 nitrogen and oxygen atoms in total. The summed E-state index contributed by atoms with van der Waals surface area (Å²) in [7, 11) is 0. The van der Waals surface area contributed by atoms with E-state index in [-0.39, 0.29) is 68.5 Å². The van der Waals surface area contributed by atoms with Crippen LogP contribution in [0.5, 0.6) is 0 Å². The van der Waals surface area contributed by atoms with Crippen molar-refractivity contribution in [3.8, 4) is 0 Å². The maximum Gasteiger partial charge on any atom is 2.00 e. The van der Waals surface area contributed by atoms with E-state index in [4.69, 9.17) is 29.7 Å². The second-order valence-corrected chi connectivity index (χ2v) is 1.47. The zero-order chi connectivity index (χ0) is 10.7.